The maximum atomic E-state index is 11.9. The number of carbonyl (C=O) groups excluding carboxylic acids is 3. The van der Waals surface area contributed by atoms with E-state index in [1.54, 1.807) is 0 Å². The van der Waals surface area contributed by atoms with Gasteiger partial charge in [-0.2, -0.15) is 0 Å². The lowest BCUT2D eigenvalue weighted by Gasteiger charge is -2.13. The molecule has 1 unspecified atom stereocenters. The minimum Gasteiger partial charge on any atom is -0.445 e. The van der Waals surface area contributed by atoms with Gasteiger partial charge in [-0.25, -0.2) is 4.79 Å². The molecule has 0 saturated carbocycles. The van der Waals surface area contributed by atoms with Crippen LogP contribution in [0.3, 0.4) is 0 Å². The fraction of sp³-hybridized carbons (Fsp3) is 0.375. The molecule has 7 nitrogen and oxygen atoms in total. The molecule has 31 heavy (non-hydrogen) atoms. The van der Waals surface area contributed by atoms with Crippen LogP contribution in [0.15, 0.2) is 60.7 Å². The summed E-state index contributed by atoms with van der Waals surface area (Å²) in [4.78, 5) is 35.5. The maximum absolute atomic E-state index is 11.9. The van der Waals surface area contributed by atoms with Gasteiger partial charge in [-0.15, -0.1) is 0 Å². The molecule has 0 fully saturated rings. The van der Waals surface area contributed by atoms with Gasteiger partial charge in [0.15, 0.2) is 5.78 Å². The average molecular weight is 427 g/mol. The van der Waals surface area contributed by atoms with Gasteiger partial charge in [-0.3, -0.25) is 9.59 Å². The highest BCUT2D eigenvalue weighted by molar-refractivity contribution is 5.86. The number of alkyl carbamates (subject to hydrolysis) is 1. The predicted molar refractivity (Wildman–Crippen MR) is 117 cm³/mol. The van der Waals surface area contributed by atoms with E-state index in [4.69, 9.17) is 9.47 Å². The average Bonchev–Trinajstić information content (AvgIpc) is 2.80. The Balaban J connectivity index is 1.50. The number of amides is 2. The van der Waals surface area contributed by atoms with Crippen LogP contribution in [0.4, 0.5) is 4.79 Å². The van der Waals surface area contributed by atoms with Gasteiger partial charge >= 0.3 is 6.09 Å². The van der Waals surface area contributed by atoms with E-state index < -0.39 is 6.09 Å². The first-order valence-electron chi connectivity index (χ1n) is 10.4. The van der Waals surface area contributed by atoms with E-state index in [-0.39, 0.29) is 43.8 Å². The van der Waals surface area contributed by atoms with Crippen molar-refractivity contribution in [1.82, 2.24) is 10.6 Å². The molecule has 2 aromatic rings. The Morgan fingerprint density at radius 2 is 1.48 bits per heavy atom. The largest absolute Gasteiger partial charge is 0.445 e. The molecule has 2 rings (SSSR count). The second-order valence-electron chi connectivity index (χ2n) is 7.38. The molecule has 0 saturated heterocycles. The molecule has 0 aromatic heterocycles. The fourth-order valence-corrected chi connectivity index (χ4v) is 2.70. The zero-order valence-corrected chi connectivity index (χ0v) is 17.8. The molecule has 7 heteroatoms. The molecule has 0 bridgehead atoms. The summed E-state index contributed by atoms with van der Waals surface area (Å²) in [5.41, 5.74) is 1.91. The summed E-state index contributed by atoms with van der Waals surface area (Å²) >= 11 is 0. The van der Waals surface area contributed by atoms with Crippen LogP contribution in [0, 0.1) is 5.92 Å². The molecule has 2 aromatic carbocycles. The molecule has 0 heterocycles. The Labute approximate surface area is 183 Å². The molecule has 166 valence electrons. The number of rotatable bonds is 13. The van der Waals surface area contributed by atoms with Crippen LogP contribution in [0.1, 0.15) is 30.9 Å². The predicted octanol–water partition coefficient (Wildman–Crippen LogP) is 3.23. The summed E-state index contributed by atoms with van der Waals surface area (Å²) in [6, 6.07) is 19.0. The molecule has 0 radical (unpaired) electrons. The van der Waals surface area contributed by atoms with Gasteiger partial charge < -0.3 is 20.1 Å². The molecule has 0 aliphatic carbocycles. The van der Waals surface area contributed by atoms with E-state index in [1.807, 2.05) is 67.6 Å². The lowest BCUT2D eigenvalue weighted by molar-refractivity contribution is -0.127. The van der Waals surface area contributed by atoms with Crippen LogP contribution in [0.25, 0.3) is 0 Å². The van der Waals surface area contributed by atoms with Crippen molar-refractivity contribution in [2.45, 2.75) is 33.0 Å². The second-order valence-corrected chi connectivity index (χ2v) is 7.38. The topological polar surface area (TPSA) is 93.7 Å². The van der Waals surface area contributed by atoms with E-state index in [1.165, 1.54) is 0 Å². The maximum Gasteiger partial charge on any atom is 0.407 e. The third kappa shape index (κ3) is 11.0. The monoisotopic (exact) mass is 426 g/mol. The van der Waals surface area contributed by atoms with Crippen molar-refractivity contribution in [3.05, 3.63) is 71.8 Å². The van der Waals surface area contributed by atoms with Crippen molar-refractivity contribution in [3.8, 4) is 0 Å². The van der Waals surface area contributed by atoms with Crippen LogP contribution < -0.4 is 10.6 Å². The van der Waals surface area contributed by atoms with Gasteiger partial charge in [0.25, 0.3) is 0 Å². The quantitative estimate of drug-likeness (QED) is 0.513. The van der Waals surface area contributed by atoms with Crippen LogP contribution >= 0.6 is 0 Å². The Bertz CT molecular complexity index is 811. The van der Waals surface area contributed by atoms with Gasteiger partial charge in [0.1, 0.15) is 13.2 Å². The van der Waals surface area contributed by atoms with Crippen molar-refractivity contribution < 1.29 is 23.9 Å². The Morgan fingerprint density at radius 3 is 2.13 bits per heavy atom. The third-order valence-corrected chi connectivity index (χ3v) is 4.53. The lowest BCUT2D eigenvalue weighted by Crippen LogP contribution is -2.32. The van der Waals surface area contributed by atoms with Crippen LogP contribution in [-0.4, -0.2) is 37.5 Å². The number of ketones is 1. The Kier molecular flexibility index (Phi) is 10.8. The third-order valence-electron chi connectivity index (χ3n) is 4.53. The molecule has 0 aliphatic heterocycles. The number of benzene rings is 2. The first kappa shape index (κ1) is 24.1. The second kappa shape index (κ2) is 13.9. The molecule has 2 amide bonds. The number of Topliss-reactive ketones (excluding diaryl/α,β-unsaturated/α-hetero) is 1. The number of hydrogen-bond donors (Lipinski definition) is 2. The van der Waals surface area contributed by atoms with Gasteiger partial charge in [0.2, 0.25) is 5.91 Å². The first-order valence-corrected chi connectivity index (χ1v) is 10.4. The summed E-state index contributed by atoms with van der Waals surface area (Å²) in [7, 11) is 0. The number of nitrogens with one attached hydrogen (secondary N) is 2. The number of hydrogen-bond acceptors (Lipinski definition) is 5. The van der Waals surface area contributed by atoms with Crippen LogP contribution in [-0.2, 0) is 32.3 Å². The zero-order chi connectivity index (χ0) is 22.3. The molecule has 0 aliphatic rings. The highest BCUT2D eigenvalue weighted by atomic mass is 16.5. The minimum absolute atomic E-state index is 0.0411. The van der Waals surface area contributed by atoms with E-state index in [2.05, 4.69) is 10.6 Å². The number of ether oxygens (including phenoxy) is 2. The smallest absolute Gasteiger partial charge is 0.407 e. The lowest BCUT2D eigenvalue weighted by atomic mass is 10.1. The van der Waals surface area contributed by atoms with Crippen molar-refractivity contribution >= 4 is 17.8 Å². The SMILES string of the molecule is CC(CCC(=O)NCC(=O)COCc1ccccc1)CNC(=O)OCc1ccccc1. The minimum atomic E-state index is -0.485. The Hall–Kier alpha value is -3.19. The highest BCUT2D eigenvalue weighted by Crippen LogP contribution is 2.05. The van der Waals surface area contributed by atoms with E-state index in [0.717, 1.165) is 11.1 Å². The zero-order valence-electron chi connectivity index (χ0n) is 17.8. The van der Waals surface area contributed by atoms with Crippen molar-refractivity contribution in [1.29, 1.82) is 0 Å². The van der Waals surface area contributed by atoms with Gasteiger partial charge in [0.05, 0.1) is 13.2 Å². The molecule has 0 spiro atoms. The van der Waals surface area contributed by atoms with Crippen LogP contribution in [0.2, 0.25) is 0 Å². The summed E-state index contributed by atoms with van der Waals surface area (Å²) in [5.74, 6) is -0.282. The van der Waals surface area contributed by atoms with E-state index in [0.29, 0.717) is 19.6 Å². The summed E-state index contributed by atoms with van der Waals surface area (Å²) in [6.07, 6.45) is 0.380. The van der Waals surface area contributed by atoms with Crippen LogP contribution in [0.5, 0.6) is 0 Å². The number of carbonyl (C=O) groups is 3. The summed E-state index contributed by atoms with van der Waals surface area (Å²) in [5, 5.41) is 5.31. The molecular weight excluding hydrogens is 396 g/mol. The molecular formula is C24H30N2O5. The highest BCUT2D eigenvalue weighted by Gasteiger charge is 2.11. The summed E-state index contributed by atoms with van der Waals surface area (Å²) < 4.78 is 10.5. The first-order chi connectivity index (χ1) is 15.0. The van der Waals surface area contributed by atoms with Crippen molar-refractivity contribution in [2.24, 2.45) is 5.92 Å². The summed E-state index contributed by atoms with van der Waals surface area (Å²) in [6.45, 7) is 2.83. The van der Waals surface area contributed by atoms with Gasteiger partial charge in [0, 0.05) is 13.0 Å². The fourth-order valence-electron chi connectivity index (χ4n) is 2.70. The van der Waals surface area contributed by atoms with E-state index in [9.17, 15) is 14.4 Å². The van der Waals surface area contributed by atoms with Gasteiger partial charge in [-0.05, 0) is 23.5 Å². The van der Waals surface area contributed by atoms with Crippen molar-refractivity contribution in [3.63, 3.8) is 0 Å². The normalized spacial score (nSPS) is 11.4. The Morgan fingerprint density at radius 1 is 0.871 bits per heavy atom. The molecule has 2 N–H and O–H groups in total. The standard InChI is InChI=1S/C24H30N2O5/c1-19(14-26-24(29)31-17-21-10-6-3-7-11-21)12-13-23(28)25-15-22(27)18-30-16-20-8-4-2-5-9-20/h2-11,19H,12-18H2,1H3,(H,25,28)(H,26,29). The van der Waals surface area contributed by atoms with E-state index >= 15 is 0 Å². The molecule has 1 atom stereocenters. The van der Waals surface area contributed by atoms with Crippen molar-refractivity contribution in [2.75, 3.05) is 19.7 Å². The van der Waals surface area contributed by atoms with Gasteiger partial charge in [-0.1, -0.05) is 67.6 Å².